The van der Waals surface area contributed by atoms with Crippen LogP contribution in [0.25, 0.3) is 0 Å². The number of hydrogen-bond donors (Lipinski definition) is 1. The van der Waals surface area contributed by atoms with Gasteiger partial charge in [0.05, 0.1) is 0 Å². The van der Waals surface area contributed by atoms with Gasteiger partial charge in [-0.1, -0.05) is 6.07 Å². The Hall–Kier alpha value is -1.09. The summed E-state index contributed by atoms with van der Waals surface area (Å²) in [6, 6.07) is 4.87. The van der Waals surface area contributed by atoms with Crippen molar-refractivity contribution in [3.8, 4) is 0 Å². The van der Waals surface area contributed by atoms with Crippen molar-refractivity contribution in [3.05, 3.63) is 29.6 Å². The second-order valence-electron chi connectivity index (χ2n) is 4.21. The zero-order valence-electron chi connectivity index (χ0n) is 8.91. The number of hydrogen-bond acceptors (Lipinski definition) is 2. The molecular weight excluding hydrogens is 193 g/mol. The highest BCUT2D eigenvalue weighted by Crippen LogP contribution is 2.27. The monoisotopic (exact) mass is 209 g/mol. The summed E-state index contributed by atoms with van der Waals surface area (Å²) in [4.78, 5) is 2.15. The molecule has 15 heavy (non-hydrogen) atoms. The lowest BCUT2D eigenvalue weighted by atomic mass is 10.1. The van der Waals surface area contributed by atoms with E-state index < -0.39 is 0 Å². The number of anilines is 1. The molecule has 1 atom stereocenters. The smallest absolute Gasteiger partial charge is 0.125 e. The molecule has 0 radical (unpaired) electrons. The number of halogens is 1. The highest BCUT2D eigenvalue weighted by atomic mass is 19.1. The number of rotatable bonds is 2. The van der Waals surface area contributed by atoms with Crippen LogP contribution in [-0.2, 0) is 0 Å². The first-order valence-corrected chi connectivity index (χ1v) is 5.32. The van der Waals surface area contributed by atoms with Crippen molar-refractivity contribution in [1.82, 2.24) is 0 Å². The molecule has 2 nitrogen and oxygen atoms in total. The number of benzene rings is 1. The molecule has 1 heterocycles. The molecule has 1 aromatic carbocycles. The predicted molar refractivity (Wildman–Crippen MR) is 58.5 cm³/mol. The molecule has 1 aromatic rings. The maximum Gasteiger partial charge on any atom is 0.125 e. The van der Waals surface area contributed by atoms with Crippen LogP contribution in [0.1, 0.15) is 12.0 Å². The molecule has 1 N–H and O–H groups in total. The second-order valence-corrected chi connectivity index (χ2v) is 4.21. The van der Waals surface area contributed by atoms with E-state index in [0.29, 0.717) is 5.92 Å². The third-order valence-corrected chi connectivity index (χ3v) is 3.06. The van der Waals surface area contributed by atoms with Crippen LogP contribution in [-0.4, -0.2) is 24.8 Å². The van der Waals surface area contributed by atoms with Crippen LogP contribution in [0.3, 0.4) is 0 Å². The van der Waals surface area contributed by atoms with Crippen molar-refractivity contribution < 1.29 is 9.50 Å². The van der Waals surface area contributed by atoms with Gasteiger partial charge in [-0.3, -0.25) is 0 Å². The summed E-state index contributed by atoms with van der Waals surface area (Å²) in [6.45, 7) is 3.96. The van der Waals surface area contributed by atoms with Crippen molar-refractivity contribution in [1.29, 1.82) is 0 Å². The number of aliphatic hydroxyl groups is 1. The molecule has 0 spiro atoms. The average Bonchev–Trinajstić information content (AvgIpc) is 2.70. The first-order chi connectivity index (χ1) is 7.20. The topological polar surface area (TPSA) is 23.5 Å². The molecule has 0 bridgehead atoms. The fourth-order valence-electron chi connectivity index (χ4n) is 2.12. The molecule has 3 heteroatoms. The number of nitrogens with zero attached hydrogens (tertiary/aromatic N) is 1. The highest BCUT2D eigenvalue weighted by molar-refractivity contribution is 5.54. The molecule has 1 aliphatic rings. The molecule has 0 amide bonds. The molecule has 82 valence electrons. The van der Waals surface area contributed by atoms with E-state index in [-0.39, 0.29) is 12.4 Å². The van der Waals surface area contributed by atoms with Crippen LogP contribution in [0, 0.1) is 18.7 Å². The largest absolute Gasteiger partial charge is 0.396 e. The Balaban J connectivity index is 2.19. The minimum absolute atomic E-state index is 0.192. The normalized spacial score (nSPS) is 21.0. The van der Waals surface area contributed by atoms with Gasteiger partial charge in [0, 0.05) is 31.3 Å². The van der Waals surface area contributed by atoms with Gasteiger partial charge < -0.3 is 10.0 Å². The summed E-state index contributed by atoms with van der Waals surface area (Å²) in [6.07, 6.45) is 0.993. The Labute approximate surface area is 89.3 Å². The molecular formula is C12H16FNO. The van der Waals surface area contributed by atoms with Crippen LogP contribution in [0.2, 0.25) is 0 Å². The van der Waals surface area contributed by atoms with Crippen molar-refractivity contribution in [2.45, 2.75) is 13.3 Å². The zero-order valence-corrected chi connectivity index (χ0v) is 8.91. The minimum Gasteiger partial charge on any atom is -0.396 e. The van der Waals surface area contributed by atoms with E-state index in [4.69, 9.17) is 5.11 Å². The van der Waals surface area contributed by atoms with Gasteiger partial charge in [-0.2, -0.15) is 0 Å². The predicted octanol–water partition coefficient (Wildman–Crippen LogP) is 1.95. The summed E-state index contributed by atoms with van der Waals surface area (Å²) in [5.74, 6) is 0.149. The Morgan fingerprint density at radius 2 is 2.33 bits per heavy atom. The first-order valence-electron chi connectivity index (χ1n) is 5.32. The standard InChI is InChI=1S/C12H16FNO/c1-9-2-3-11(13)6-12(9)14-5-4-10(7-14)8-15/h2-3,6,10,15H,4-5,7-8H2,1H3. The summed E-state index contributed by atoms with van der Waals surface area (Å²) >= 11 is 0. The van der Waals surface area contributed by atoms with Gasteiger partial charge in [0.15, 0.2) is 0 Å². The lowest BCUT2D eigenvalue weighted by Crippen LogP contribution is -2.21. The summed E-state index contributed by atoms with van der Waals surface area (Å²) in [5, 5.41) is 9.05. The Morgan fingerprint density at radius 1 is 1.53 bits per heavy atom. The SMILES string of the molecule is Cc1ccc(F)cc1N1CCC(CO)C1. The van der Waals surface area contributed by atoms with Crippen molar-refractivity contribution in [2.75, 3.05) is 24.6 Å². The summed E-state index contributed by atoms with van der Waals surface area (Å²) < 4.78 is 13.1. The Kier molecular flexibility index (Phi) is 2.91. The zero-order chi connectivity index (χ0) is 10.8. The fraction of sp³-hybridized carbons (Fsp3) is 0.500. The first kappa shape index (κ1) is 10.4. The van der Waals surface area contributed by atoms with Gasteiger partial charge in [-0.25, -0.2) is 4.39 Å². The highest BCUT2D eigenvalue weighted by Gasteiger charge is 2.22. The molecule has 1 saturated heterocycles. The number of aryl methyl sites for hydroxylation is 1. The molecule has 1 fully saturated rings. The van der Waals surface area contributed by atoms with Crippen LogP contribution < -0.4 is 4.90 Å². The van der Waals surface area contributed by atoms with E-state index in [1.807, 2.05) is 6.92 Å². The molecule has 0 saturated carbocycles. The molecule has 1 aliphatic heterocycles. The fourth-order valence-corrected chi connectivity index (χ4v) is 2.12. The van der Waals surface area contributed by atoms with Crippen molar-refractivity contribution in [3.63, 3.8) is 0 Å². The van der Waals surface area contributed by atoms with Crippen LogP contribution >= 0.6 is 0 Å². The Bertz CT molecular complexity index is 353. The Morgan fingerprint density at radius 3 is 3.00 bits per heavy atom. The van der Waals surface area contributed by atoms with E-state index >= 15 is 0 Å². The third kappa shape index (κ3) is 2.12. The number of aliphatic hydroxyl groups excluding tert-OH is 1. The molecule has 0 aliphatic carbocycles. The summed E-state index contributed by atoms with van der Waals surface area (Å²) in [5.41, 5.74) is 2.06. The van der Waals surface area contributed by atoms with Gasteiger partial charge in [0.2, 0.25) is 0 Å². The third-order valence-electron chi connectivity index (χ3n) is 3.06. The quantitative estimate of drug-likeness (QED) is 0.804. The molecule has 0 aromatic heterocycles. The maximum atomic E-state index is 13.1. The summed E-state index contributed by atoms with van der Waals surface area (Å²) in [7, 11) is 0. The lowest BCUT2D eigenvalue weighted by Gasteiger charge is -2.20. The lowest BCUT2D eigenvalue weighted by molar-refractivity contribution is 0.238. The van der Waals surface area contributed by atoms with Gasteiger partial charge in [0.25, 0.3) is 0 Å². The van der Waals surface area contributed by atoms with Gasteiger partial charge in [-0.05, 0) is 31.0 Å². The van der Waals surface area contributed by atoms with Crippen LogP contribution in [0.5, 0.6) is 0 Å². The average molecular weight is 209 g/mol. The molecule has 2 rings (SSSR count). The van der Waals surface area contributed by atoms with Crippen molar-refractivity contribution >= 4 is 5.69 Å². The minimum atomic E-state index is -0.192. The van der Waals surface area contributed by atoms with Gasteiger partial charge in [0.1, 0.15) is 5.82 Å². The van der Waals surface area contributed by atoms with Gasteiger partial charge >= 0.3 is 0 Å². The van der Waals surface area contributed by atoms with Crippen LogP contribution in [0.15, 0.2) is 18.2 Å². The van der Waals surface area contributed by atoms with Crippen molar-refractivity contribution in [2.24, 2.45) is 5.92 Å². The van der Waals surface area contributed by atoms with E-state index in [2.05, 4.69) is 4.90 Å². The molecule has 1 unspecified atom stereocenters. The van der Waals surface area contributed by atoms with E-state index in [1.165, 1.54) is 6.07 Å². The van der Waals surface area contributed by atoms with Gasteiger partial charge in [-0.15, -0.1) is 0 Å². The second kappa shape index (κ2) is 4.19. The van der Waals surface area contributed by atoms with E-state index in [9.17, 15) is 4.39 Å². The maximum absolute atomic E-state index is 13.1. The van der Waals surface area contributed by atoms with E-state index in [0.717, 1.165) is 30.8 Å². The van der Waals surface area contributed by atoms with Crippen LogP contribution in [0.4, 0.5) is 10.1 Å². The van der Waals surface area contributed by atoms with E-state index in [1.54, 1.807) is 12.1 Å².